The first kappa shape index (κ1) is 11.3. The summed E-state index contributed by atoms with van der Waals surface area (Å²) in [6.45, 7) is 9.42. The van der Waals surface area contributed by atoms with Gasteiger partial charge in [0.2, 0.25) is 0 Å². The topological polar surface area (TPSA) is 21.1 Å². The molecule has 0 spiro atoms. The maximum absolute atomic E-state index is 4.74. The van der Waals surface area contributed by atoms with Crippen molar-refractivity contribution in [3.63, 3.8) is 0 Å². The number of hydrogen-bond acceptors (Lipinski definition) is 2. The third-order valence-electron chi connectivity index (χ3n) is 4.53. The molecule has 2 atom stereocenters. The van der Waals surface area contributed by atoms with Gasteiger partial charge in [-0.05, 0) is 38.3 Å². The van der Waals surface area contributed by atoms with E-state index in [0.717, 1.165) is 0 Å². The van der Waals surface area contributed by atoms with Gasteiger partial charge in [0.05, 0.1) is 0 Å². The summed E-state index contributed by atoms with van der Waals surface area (Å²) in [7, 11) is 0. The third kappa shape index (κ3) is 1.90. The number of hydrogen-bond donors (Lipinski definition) is 0. The zero-order valence-corrected chi connectivity index (χ0v) is 11.0. The van der Waals surface area contributed by atoms with Crippen LogP contribution in [-0.4, -0.2) is 34.1 Å². The second kappa shape index (κ2) is 4.45. The molecule has 0 aliphatic carbocycles. The van der Waals surface area contributed by atoms with Crippen LogP contribution in [0.1, 0.15) is 56.5 Å². The van der Waals surface area contributed by atoms with Gasteiger partial charge in [-0.25, -0.2) is 4.98 Å². The van der Waals surface area contributed by atoms with Gasteiger partial charge in [-0.15, -0.1) is 0 Å². The molecule has 0 saturated carbocycles. The number of imidazole rings is 1. The molecule has 2 aliphatic rings. The molecule has 1 saturated heterocycles. The van der Waals surface area contributed by atoms with Gasteiger partial charge in [-0.3, -0.25) is 0 Å². The Kier molecular flexibility index (Phi) is 2.95. The molecular weight excluding hydrogens is 210 g/mol. The Morgan fingerprint density at radius 2 is 2.24 bits per heavy atom. The van der Waals surface area contributed by atoms with E-state index in [1.807, 2.05) is 0 Å². The summed E-state index contributed by atoms with van der Waals surface area (Å²) in [6, 6.07) is 0. The smallest absolute Gasteiger partial charge is 0.113 e. The number of nitrogens with zero attached hydrogens (tertiary/aromatic N) is 3. The Morgan fingerprint density at radius 3 is 3.00 bits per heavy atom. The molecule has 94 valence electrons. The molecule has 3 nitrogen and oxygen atoms in total. The Balaban J connectivity index is 1.85. The van der Waals surface area contributed by atoms with Gasteiger partial charge in [0.25, 0.3) is 0 Å². The van der Waals surface area contributed by atoms with Crippen molar-refractivity contribution in [1.82, 2.24) is 14.5 Å². The molecule has 2 aliphatic heterocycles. The van der Waals surface area contributed by atoms with Crippen LogP contribution in [0, 0.1) is 0 Å². The Bertz CT molecular complexity index is 396. The minimum atomic E-state index is 0.675. The van der Waals surface area contributed by atoms with E-state index in [0.29, 0.717) is 11.8 Å². The average Bonchev–Trinajstić information content (AvgIpc) is 2.94. The van der Waals surface area contributed by atoms with Crippen LogP contribution >= 0.6 is 0 Å². The molecule has 0 amide bonds. The van der Waals surface area contributed by atoms with Crippen molar-refractivity contribution >= 4 is 0 Å². The van der Waals surface area contributed by atoms with Gasteiger partial charge in [0.15, 0.2) is 0 Å². The van der Waals surface area contributed by atoms with E-state index in [4.69, 9.17) is 4.98 Å². The fourth-order valence-electron chi connectivity index (χ4n) is 3.40. The van der Waals surface area contributed by atoms with E-state index < -0.39 is 0 Å². The molecular formula is C14H23N3. The monoisotopic (exact) mass is 233 g/mol. The van der Waals surface area contributed by atoms with Crippen LogP contribution in [0.4, 0.5) is 0 Å². The van der Waals surface area contributed by atoms with Crippen molar-refractivity contribution in [2.24, 2.45) is 0 Å². The molecule has 3 heterocycles. The first-order valence-electron chi connectivity index (χ1n) is 7.07. The molecule has 0 radical (unpaired) electrons. The second-order valence-corrected chi connectivity index (χ2v) is 5.62. The lowest BCUT2D eigenvalue weighted by molar-refractivity contribution is 0.350. The molecule has 3 rings (SSSR count). The highest BCUT2D eigenvalue weighted by Crippen LogP contribution is 2.33. The molecule has 0 N–H and O–H groups in total. The molecule has 1 fully saturated rings. The fraction of sp³-hybridized carbons (Fsp3) is 0.786. The van der Waals surface area contributed by atoms with Gasteiger partial charge >= 0.3 is 0 Å². The standard InChI is InChI=1S/C14H23N3/c1-3-16-8-6-12(10-16)14-15-9-13-11(2)5-4-7-17(13)14/h9,11-12H,3-8,10H2,1-2H3. The van der Waals surface area contributed by atoms with E-state index >= 15 is 0 Å². The second-order valence-electron chi connectivity index (χ2n) is 5.62. The minimum Gasteiger partial charge on any atom is -0.332 e. The van der Waals surface area contributed by atoms with Crippen molar-refractivity contribution in [1.29, 1.82) is 0 Å². The van der Waals surface area contributed by atoms with Crippen molar-refractivity contribution in [3.05, 3.63) is 17.7 Å². The quantitative estimate of drug-likeness (QED) is 0.783. The number of rotatable bonds is 2. The maximum atomic E-state index is 4.74. The molecule has 1 aromatic heterocycles. The average molecular weight is 233 g/mol. The minimum absolute atomic E-state index is 0.675. The summed E-state index contributed by atoms with van der Waals surface area (Å²) < 4.78 is 2.51. The SMILES string of the molecule is CCN1CCC(c2ncc3n2CCCC3C)C1. The number of likely N-dealkylation sites (tertiary alicyclic amines) is 1. The Morgan fingerprint density at radius 1 is 1.35 bits per heavy atom. The van der Waals surface area contributed by atoms with Crippen molar-refractivity contribution in [2.75, 3.05) is 19.6 Å². The Labute approximate surface area is 104 Å². The van der Waals surface area contributed by atoms with Crippen LogP contribution in [0.25, 0.3) is 0 Å². The number of fused-ring (bicyclic) bond motifs is 1. The summed E-state index contributed by atoms with van der Waals surface area (Å²) in [4.78, 5) is 7.28. The normalized spacial score (nSPS) is 29.5. The van der Waals surface area contributed by atoms with E-state index in [1.54, 1.807) is 0 Å². The van der Waals surface area contributed by atoms with Gasteiger partial charge < -0.3 is 9.47 Å². The summed E-state index contributed by atoms with van der Waals surface area (Å²) in [5.41, 5.74) is 1.47. The van der Waals surface area contributed by atoms with Crippen LogP contribution in [-0.2, 0) is 6.54 Å². The molecule has 17 heavy (non-hydrogen) atoms. The van der Waals surface area contributed by atoms with Gasteiger partial charge in [0.1, 0.15) is 5.82 Å². The third-order valence-corrected chi connectivity index (χ3v) is 4.53. The highest BCUT2D eigenvalue weighted by atomic mass is 15.2. The van der Waals surface area contributed by atoms with Crippen molar-refractivity contribution in [3.8, 4) is 0 Å². The first-order valence-corrected chi connectivity index (χ1v) is 7.07. The van der Waals surface area contributed by atoms with Gasteiger partial charge in [-0.1, -0.05) is 13.8 Å². The first-order chi connectivity index (χ1) is 8.29. The summed E-state index contributed by atoms with van der Waals surface area (Å²) in [5.74, 6) is 2.74. The van der Waals surface area contributed by atoms with Crippen LogP contribution in [0.3, 0.4) is 0 Å². The van der Waals surface area contributed by atoms with Crippen LogP contribution < -0.4 is 0 Å². The lowest BCUT2D eigenvalue weighted by Gasteiger charge is -2.23. The zero-order valence-electron chi connectivity index (χ0n) is 11.0. The largest absolute Gasteiger partial charge is 0.332 e. The van der Waals surface area contributed by atoms with E-state index in [1.165, 1.54) is 57.0 Å². The fourth-order valence-corrected chi connectivity index (χ4v) is 3.40. The zero-order chi connectivity index (χ0) is 11.8. The summed E-state index contributed by atoms with van der Waals surface area (Å²) in [5, 5.41) is 0. The lowest BCUT2D eigenvalue weighted by atomic mass is 9.98. The number of aromatic nitrogens is 2. The lowest BCUT2D eigenvalue weighted by Crippen LogP contribution is -2.21. The van der Waals surface area contributed by atoms with Crippen molar-refractivity contribution in [2.45, 2.75) is 51.5 Å². The molecule has 0 aromatic carbocycles. The summed E-state index contributed by atoms with van der Waals surface area (Å²) >= 11 is 0. The highest BCUT2D eigenvalue weighted by Gasteiger charge is 2.29. The summed E-state index contributed by atoms with van der Waals surface area (Å²) in [6.07, 6.45) is 6.07. The van der Waals surface area contributed by atoms with Crippen LogP contribution in [0.15, 0.2) is 6.20 Å². The van der Waals surface area contributed by atoms with E-state index in [9.17, 15) is 0 Å². The number of likely N-dealkylation sites (N-methyl/N-ethyl adjacent to an activating group) is 1. The van der Waals surface area contributed by atoms with Gasteiger partial charge in [-0.2, -0.15) is 0 Å². The Hall–Kier alpha value is -0.830. The van der Waals surface area contributed by atoms with Gasteiger partial charge in [0, 0.05) is 30.9 Å². The highest BCUT2D eigenvalue weighted by molar-refractivity contribution is 5.16. The van der Waals surface area contributed by atoms with Crippen LogP contribution in [0.2, 0.25) is 0 Å². The molecule has 1 aromatic rings. The molecule has 2 unspecified atom stereocenters. The van der Waals surface area contributed by atoms with E-state index in [2.05, 4.69) is 29.5 Å². The van der Waals surface area contributed by atoms with Crippen molar-refractivity contribution < 1.29 is 0 Å². The molecule has 0 bridgehead atoms. The predicted octanol–water partition coefficient (Wildman–Crippen LogP) is 2.59. The molecule has 3 heteroatoms. The maximum Gasteiger partial charge on any atom is 0.113 e. The van der Waals surface area contributed by atoms with E-state index in [-0.39, 0.29) is 0 Å². The predicted molar refractivity (Wildman–Crippen MR) is 69.3 cm³/mol. The van der Waals surface area contributed by atoms with Crippen LogP contribution in [0.5, 0.6) is 0 Å².